The Bertz CT molecular complexity index is 321. The quantitative estimate of drug-likeness (QED) is 0.745. The van der Waals surface area contributed by atoms with Gasteiger partial charge in [0.25, 0.3) is 0 Å². The summed E-state index contributed by atoms with van der Waals surface area (Å²) in [6, 6.07) is 10.6. The predicted molar refractivity (Wildman–Crippen MR) is 67.3 cm³/mol. The molecule has 0 aliphatic heterocycles. The molecular formula is C14H21NO. The van der Waals surface area contributed by atoms with Gasteiger partial charge in [-0.25, -0.2) is 0 Å². The number of carbonyl (C=O) groups excluding carboxylic acids is 1. The Labute approximate surface area is 98.3 Å². The number of nitrogens with zero attached hydrogens (tertiary/aromatic N) is 1. The molecule has 0 aromatic heterocycles. The summed E-state index contributed by atoms with van der Waals surface area (Å²) in [5.41, 5.74) is 1.29. The van der Waals surface area contributed by atoms with Gasteiger partial charge in [0.05, 0.1) is 0 Å². The van der Waals surface area contributed by atoms with Crippen LogP contribution in [0.25, 0.3) is 0 Å². The van der Waals surface area contributed by atoms with E-state index in [1.165, 1.54) is 5.56 Å². The average molecular weight is 219 g/mol. The molecule has 0 saturated heterocycles. The first-order valence-electron chi connectivity index (χ1n) is 5.96. The van der Waals surface area contributed by atoms with Gasteiger partial charge in [0.1, 0.15) is 0 Å². The van der Waals surface area contributed by atoms with Crippen LogP contribution in [0.1, 0.15) is 32.8 Å². The van der Waals surface area contributed by atoms with E-state index in [2.05, 4.69) is 26.0 Å². The summed E-state index contributed by atoms with van der Waals surface area (Å²) >= 11 is 0. The zero-order valence-electron chi connectivity index (χ0n) is 10.4. The molecule has 88 valence electrons. The highest BCUT2D eigenvalue weighted by Crippen LogP contribution is 2.07. The average Bonchev–Trinajstić information content (AvgIpc) is 2.30. The Morgan fingerprint density at radius 3 is 2.44 bits per heavy atom. The highest BCUT2D eigenvalue weighted by Gasteiger charge is 2.14. The van der Waals surface area contributed by atoms with Crippen LogP contribution < -0.4 is 0 Å². The van der Waals surface area contributed by atoms with E-state index >= 15 is 0 Å². The number of carbonyl (C=O) groups is 1. The van der Waals surface area contributed by atoms with Crippen molar-refractivity contribution in [3.63, 3.8) is 0 Å². The highest BCUT2D eigenvalue weighted by atomic mass is 16.2. The SMILES string of the molecule is CCC(C)N(CCc1ccccc1)C(C)=O. The van der Waals surface area contributed by atoms with Crippen molar-refractivity contribution in [3.05, 3.63) is 35.9 Å². The van der Waals surface area contributed by atoms with Gasteiger partial charge in [-0.05, 0) is 25.3 Å². The third-order valence-corrected chi connectivity index (χ3v) is 3.01. The van der Waals surface area contributed by atoms with Crippen molar-refractivity contribution < 1.29 is 4.79 Å². The third kappa shape index (κ3) is 3.69. The molecule has 0 bridgehead atoms. The number of amides is 1. The van der Waals surface area contributed by atoms with Crippen LogP contribution in [-0.4, -0.2) is 23.4 Å². The van der Waals surface area contributed by atoms with Crippen LogP contribution in [0.15, 0.2) is 30.3 Å². The van der Waals surface area contributed by atoms with Crippen LogP contribution in [-0.2, 0) is 11.2 Å². The lowest BCUT2D eigenvalue weighted by atomic mass is 10.1. The van der Waals surface area contributed by atoms with Crippen LogP contribution in [0.4, 0.5) is 0 Å². The second-order valence-electron chi connectivity index (χ2n) is 4.21. The van der Waals surface area contributed by atoms with E-state index in [4.69, 9.17) is 0 Å². The van der Waals surface area contributed by atoms with Crippen molar-refractivity contribution in [2.75, 3.05) is 6.54 Å². The number of hydrogen-bond acceptors (Lipinski definition) is 1. The first-order chi connectivity index (χ1) is 7.65. The second kappa shape index (κ2) is 6.31. The van der Waals surface area contributed by atoms with E-state index in [0.717, 1.165) is 19.4 Å². The van der Waals surface area contributed by atoms with E-state index in [9.17, 15) is 4.79 Å². The van der Waals surface area contributed by atoms with Crippen molar-refractivity contribution in [1.29, 1.82) is 0 Å². The molecule has 1 aromatic rings. The monoisotopic (exact) mass is 219 g/mol. The van der Waals surface area contributed by atoms with Crippen molar-refractivity contribution in [3.8, 4) is 0 Å². The Balaban J connectivity index is 2.54. The normalized spacial score (nSPS) is 12.2. The molecule has 0 fully saturated rings. The van der Waals surface area contributed by atoms with E-state index < -0.39 is 0 Å². The van der Waals surface area contributed by atoms with Gasteiger partial charge in [-0.2, -0.15) is 0 Å². The van der Waals surface area contributed by atoms with Crippen LogP contribution in [0, 0.1) is 0 Å². The maximum atomic E-state index is 11.5. The molecule has 16 heavy (non-hydrogen) atoms. The highest BCUT2D eigenvalue weighted by molar-refractivity contribution is 5.73. The lowest BCUT2D eigenvalue weighted by molar-refractivity contribution is -0.130. The fraction of sp³-hybridized carbons (Fsp3) is 0.500. The van der Waals surface area contributed by atoms with Gasteiger partial charge in [-0.3, -0.25) is 4.79 Å². The molecule has 0 spiro atoms. The van der Waals surface area contributed by atoms with Crippen LogP contribution >= 0.6 is 0 Å². The number of rotatable bonds is 5. The maximum absolute atomic E-state index is 11.5. The predicted octanol–water partition coefficient (Wildman–Crippen LogP) is 2.88. The van der Waals surface area contributed by atoms with Gasteiger partial charge in [-0.1, -0.05) is 37.3 Å². The van der Waals surface area contributed by atoms with E-state index in [1.807, 2.05) is 23.1 Å². The van der Waals surface area contributed by atoms with Crippen molar-refractivity contribution in [2.45, 2.75) is 39.7 Å². The first-order valence-corrected chi connectivity index (χ1v) is 5.96. The first kappa shape index (κ1) is 12.8. The van der Waals surface area contributed by atoms with E-state index in [0.29, 0.717) is 6.04 Å². The maximum Gasteiger partial charge on any atom is 0.219 e. The van der Waals surface area contributed by atoms with Crippen LogP contribution in [0.3, 0.4) is 0 Å². The summed E-state index contributed by atoms with van der Waals surface area (Å²) in [7, 11) is 0. The zero-order chi connectivity index (χ0) is 12.0. The van der Waals surface area contributed by atoms with Gasteiger partial charge < -0.3 is 4.90 Å². The lowest BCUT2D eigenvalue weighted by Gasteiger charge is -2.27. The van der Waals surface area contributed by atoms with Crippen molar-refractivity contribution in [2.24, 2.45) is 0 Å². The number of hydrogen-bond donors (Lipinski definition) is 0. The molecule has 0 saturated carbocycles. The molecule has 1 atom stereocenters. The Morgan fingerprint density at radius 2 is 1.94 bits per heavy atom. The molecule has 1 unspecified atom stereocenters. The van der Waals surface area contributed by atoms with Gasteiger partial charge in [0.2, 0.25) is 5.91 Å². The summed E-state index contributed by atoms with van der Waals surface area (Å²) < 4.78 is 0. The van der Waals surface area contributed by atoms with E-state index in [-0.39, 0.29) is 5.91 Å². The molecule has 0 N–H and O–H groups in total. The molecule has 1 aromatic carbocycles. The summed E-state index contributed by atoms with van der Waals surface area (Å²) in [5.74, 6) is 0.172. The van der Waals surface area contributed by atoms with Crippen molar-refractivity contribution in [1.82, 2.24) is 4.90 Å². The lowest BCUT2D eigenvalue weighted by Crippen LogP contribution is -2.38. The van der Waals surface area contributed by atoms with Crippen LogP contribution in [0.5, 0.6) is 0 Å². The molecule has 1 rings (SSSR count). The van der Waals surface area contributed by atoms with Gasteiger partial charge >= 0.3 is 0 Å². The second-order valence-corrected chi connectivity index (χ2v) is 4.21. The largest absolute Gasteiger partial charge is 0.340 e. The molecule has 0 aliphatic carbocycles. The fourth-order valence-electron chi connectivity index (χ4n) is 1.80. The molecule has 2 heteroatoms. The summed E-state index contributed by atoms with van der Waals surface area (Å²) in [6.07, 6.45) is 1.94. The molecule has 0 aliphatic rings. The summed E-state index contributed by atoms with van der Waals surface area (Å²) in [6.45, 7) is 6.68. The summed E-state index contributed by atoms with van der Waals surface area (Å²) in [4.78, 5) is 13.4. The zero-order valence-corrected chi connectivity index (χ0v) is 10.4. The standard InChI is InChI=1S/C14H21NO/c1-4-12(2)15(13(3)16)11-10-14-8-6-5-7-9-14/h5-9,12H,4,10-11H2,1-3H3. The Hall–Kier alpha value is -1.31. The molecular weight excluding hydrogens is 198 g/mol. The minimum absolute atomic E-state index is 0.172. The van der Waals surface area contributed by atoms with Gasteiger partial charge in [0.15, 0.2) is 0 Å². The molecule has 0 radical (unpaired) electrons. The smallest absolute Gasteiger partial charge is 0.219 e. The minimum atomic E-state index is 0.172. The Kier molecular flexibility index (Phi) is 5.03. The molecule has 1 amide bonds. The van der Waals surface area contributed by atoms with Gasteiger partial charge in [-0.15, -0.1) is 0 Å². The van der Waals surface area contributed by atoms with E-state index in [1.54, 1.807) is 6.92 Å². The van der Waals surface area contributed by atoms with Crippen LogP contribution in [0.2, 0.25) is 0 Å². The third-order valence-electron chi connectivity index (χ3n) is 3.01. The topological polar surface area (TPSA) is 20.3 Å². The molecule has 0 heterocycles. The van der Waals surface area contributed by atoms with Crippen molar-refractivity contribution >= 4 is 5.91 Å². The van der Waals surface area contributed by atoms with Gasteiger partial charge in [0, 0.05) is 19.5 Å². The summed E-state index contributed by atoms with van der Waals surface area (Å²) in [5, 5.41) is 0. The fourth-order valence-corrected chi connectivity index (χ4v) is 1.80. The minimum Gasteiger partial charge on any atom is -0.340 e. The number of benzene rings is 1. The Morgan fingerprint density at radius 1 is 1.31 bits per heavy atom. The molecule has 2 nitrogen and oxygen atoms in total.